The molecule has 2 aromatic rings. The fourth-order valence-electron chi connectivity index (χ4n) is 1.76. The largest absolute Gasteiger partial charge is 0.322 e. The third kappa shape index (κ3) is 3.21. The van der Waals surface area contributed by atoms with E-state index in [-0.39, 0.29) is 10.5 Å². The molecule has 2 N–H and O–H groups in total. The van der Waals surface area contributed by atoms with E-state index in [4.69, 9.17) is 0 Å². The molecule has 0 aliphatic heterocycles. The molecule has 19 heavy (non-hydrogen) atoms. The lowest BCUT2D eigenvalue weighted by molar-refractivity contribution is 0.491. The van der Waals surface area contributed by atoms with Crippen LogP contribution in [0.5, 0.6) is 0 Å². The van der Waals surface area contributed by atoms with Gasteiger partial charge >= 0.3 is 0 Å². The highest BCUT2D eigenvalue weighted by Gasteiger charge is 2.22. The second kappa shape index (κ2) is 4.47. The molecule has 0 bridgehead atoms. The van der Waals surface area contributed by atoms with Crippen LogP contribution in [0.4, 0.5) is 0 Å². The molecule has 5 nitrogen and oxygen atoms in total. The normalized spacial score (nSPS) is 12.8. The summed E-state index contributed by atoms with van der Waals surface area (Å²) in [6.45, 7) is 5.34. The van der Waals surface area contributed by atoms with E-state index in [0.717, 1.165) is 0 Å². The minimum Gasteiger partial charge on any atom is -0.322 e. The maximum Gasteiger partial charge on any atom is 0.248 e. The monoisotopic (exact) mass is 280 g/mol. The first-order chi connectivity index (χ1) is 8.67. The molecule has 0 spiro atoms. The number of pyridine rings is 1. The van der Waals surface area contributed by atoms with E-state index >= 15 is 0 Å². The lowest BCUT2D eigenvalue weighted by atomic mass is 10.1. The summed E-state index contributed by atoms with van der Waals surface area (Å²) in [5, 5.41) is 0.677. The first-order valence-corrected chi connectivity index (χ1v) is 7.33. The topological polar surface area (TPSA) is 79.0 Å². The van der Waals surface area contributed by atoms with Crippen molar-refractivity contribution in [3.63, 3.8) is 0 Å². The number of nitrogens with one attached hydrogen (secondary N) is 2. The first kappa shape index (κ1) is 13.8. The smallest absolute Gasteiger partial charge is 0.248 e. The molecule has 6 heteroatoms. The Morgan fingerprint density at radius 2 is 1.79 bits per heavy atom. The van der Waals surface area contributed by atoms with Crippen LogP contribution in [0.25, 0.3) is 10.9 Å². The first-order valence-electron chi connectivity index (χ1n) is 5.84. The van der Waals surface area contributed by atoms with Gasteiger partial charge in [-0.25, -0.2) is 13.1 Å². The van der Waals surface area contributed by atoms with Gasteiger partial charge in [0, 0.05) is 17.1 Å². The van der Waals surface area contributed by atoms with Crippen LogP contribution in [-0.2, 0) is 10.0 Å². The van der Waals surface area contributed by atoms with E-state index in [2.05, 4.69) is 9.71 Å². The highest BCUT2D eigenvalue weighted by molar-refractivity contribution is 7.89. The maximum atomic E-state index is 12.2. The lowest BCUT2D eigenvalue weighted by Gasteiger charge is -2.20. The Balaban J connectivity index is 2.52. The van der Waals surface area contributed by atoms with Gasteiger partial charge in [0.15, 0.2) is 0 Å². The van der Waals surface area contributed by atoms with Crippen LogP contribution in [0.2, 0.25) is 0 Å². The van der Waals surface area contributed by atoms with Crippen LogP contribution in [-0.4, -0.2) is 18.9 Å². The molecule has 0 saturated heterocycles. The van der Waals surface area contributed by atoms with E-state index in [1.54, 1.807) is 39.0 Å². The standard InChI is InChI=1S/C13H16N2O3S/c1-13(2,3)15-19(17,18)10-5-6-11-9(8-10)4-7-12(16)14-11/h4-8,15H,1-3H3,(H,14,16). The van der Waals surface area contributed by atoms with Gasteiger partial charge in [-0.05, 0) is 50.4 Å². The van der Waals surface area contributed by atoms with Crippen LogP contribution >= 0.6 is 0 Å². The molecule has 0 amide bonds. The van der Waals surface area contributed by atoms with Crippen LogP contribution < -0.4 is 10.3 Å². The zero-order valence-corrected chi connectivity index (χ0v) is 11.8. The number of benzene rings is 1. The van der Waals surface area contributed by atoms with Gasteiger partial charge < -0.3 is 4.98 Å². The average Bonchev–Trinajstić information content (AvgIpc) is 2.25. The highest BCUT2D eigenvalue weighted by atomic mass is 32.2. The van der Waals surface area contributed by atoms with E-state index in [1.165, 1.54) is 12.1 Å². The summed E-state index contributed by atoms with van der Waals surface area (Å²) >= 11 is 0. The molecule has 0 saturated carbocycles. The van der Waals surface area contributed by atoms with Crippen molar-refractivity contribution in [2.24, 2.45) is 0 Å². The van der Waals surface area contributed by atoms with E-state index in [1.807, 2.05) is 0 Å². The zero-order chi connectivity index (χ0) is 14.3. The predicted octanol–water partition coefficient (Wildman–Crippen LogP) is 1.60. The van der Waals surface area contributed by atoms with Crippen molar-refractivity contribution in [2.75, 3.05) is 0 Å². The Morgan fingerprint density at radius 3 is 2.42 bits per heavy atom. The lowest BCUT2D eigenvalue weighted by Crippen LogP contribution is -2.40. The molecular weight excluding hydrogens is 264 g/mol. The third-order valence-electron chi connectivity index (χ3n) is 2.45. The van der Waals surface area contributed by atoms with Crippen molar-refractivity contribution in [1.82, 2.24) is 9.71 Å². The second-order valence-corrected chi connectivity index (χ2v) is 7.11. The van der Waals surface area contributed by atoms with Crippen LogP contribution in [0.3, 0.4) is 0 Å². The number of hydrogen-bond acceptors (Lipinski definition) is 3. The molecule has 2 rings (SSSR count). The molecule has 0 aliphatic carbocycles. The third-order valence-corrected chi connectivity index (χ3v) is 4.20. The van der Waals surface area contributed by atoms with Crippen LogP contribution in [0, 0.1) is 0 Å². The number of fused-ring (bicyclic) bond motifs is 1. The van der Waals surface area contributed by atoms with Gasteiger partial charge in [-0.3, -0.25) is 4.79 Å². The molecule has 1 aromatic heterocycles. The Morgan fingerprint density at radius 1 is 1.11 bits per heavy atom. The summed E-state index contributed by atoms with van der Waals surface area (Å²) in [4.78, 5) is 14.0. The molecule has 0 atom stereocenters. The van der Waals surface area contributed by atoms with Crippen molar-refractivity contribution in [3.05, 3.63) is 40.7 Å². The van der Waals surface area contributed by atoms with Crippen molar-refractivity contribution in [3.8, 4) is 0 Å². The zero-order valence-electron chi connectivity index (χ0n) is 11.0. The molecule has 1 aromatic carbocycles. The van der Waals surface area contributed by atoms with Gasteiger partial charge in [0.2, 0.25) is 15.6 Å². The molecule has 0 unspecified atom stereocenters. The van der Waals surface area contributed by atoms with Gasteiger partial charge in [-0.2, -0.15) is 0 Å². The number of hydrogen-bond donors (Lipinski definition) is 2. The SMILES string of the molecule is CC(C)(C)NS(=O)(=O)c1ccc2[nH]c(=O)ccc2c1. The molecular formula is C13H16N2O3S. The minimum absolute atomic E-state index is 0.182. The Labute approximate surface area is 111 Å². The number of aromatic nitrogens is 1. The number of aromatic amines is 1. The van der Waals surface area contributed by atoms with Crippen LogP contribution in [0.15, 0.2) is 40.0 Å². The van der Waals surface area contributed by atoms with Crippen LogP contribution in [0.1, 0.15) is 20.8 Å². The van der Waals surface area contributed by atoms with Gasteiger partial charge in [0.1, 0.15) is 0 Å². The molecule has 0 radical (unpaired) electrons. The summed E-state index contributed by atoms with van der Waals surface area (Å²) in [5.41, 5.74) is -0.142. The Kier molecular flexibility index (Phi) is 3.24. The van der Waals surface area contributed by atoms with Crippen molar-refractivity contribution in [1.29, 1.82) is 0 Å². The summed E-state index contributed by atoms with van der Waals surface area (Å²) in [6, 6.07) is 7.58. The van der Waals surface area contributed by atoms with E-state index in [9.17, 15) is 13.2 Å². The van der Waals surface area contributed by atoms with Gasteiger partial charge in [0.25, 0.3) is 0 Å². The number of H-pyrrole nitrogens is 1. The van der Waals surface area contributed by atoms with Gasteiger partial charge in [-0.15, -0.1) is 0 Å². The molecule has 0 fully saturated rings. The Bertz CT molecular complexity index is 770. The van der Waals surface area contributed by atoms with Crippen molar-refractivity contribution in [2.45, 2.75) is 31.2 Å². The fraction of sp³-hybridized carbons (Fsp3) is 0.308. The Hall–Kier alpha value is -1.66. The van der Waals surface area contributed by atoms with E-state index < -0.39 is 15.6 Å². The summed E-state index contributed by atoms with van der Waals surface area (Å²) in [7, 11) is -3.56. The minimum atomic E-state index is -3.56. The number of rotatable bonds is 2. The van der Waals surface area contributed by atoms with Crippen molar-refractivity contribution >= 4 is 20.9 Å². The predicted molar refractivity (Wildman–Crippen MR) is 74.6 cm³/mol. The van der Waals surface area contributed by atoms with E-state index in [0.29, 0.717) is 10.9 Å². The van der Waals surface area contributed by atoms with Gasteiger partial charge in [0.05, 0.1) is 4.90 Å². The molecule has 1 heterocycles. The average molecular weight is 280 g/mol. The highest BCUT2D eigenvalue weighted by Crippen LogP contribution is 2.18. The second-order valence-electron chi connectivity index (χ2n) is 5.43. The summed E-state index contributed by atoms with van der Waals surface area (Å²) in [6.07, 6.45) is 0. The van der Waals surface area contributed by atoms with Gasteiger partial charge in [-0.1, -0.05) is 0 Å². The van der Waals surface area contributed by atoms with Crippen molar-refractivity contribution < 1.29 is 8.42 Å². The fourth-order valence-corrected chi connectivity index (χ4v) is 3.21. The molecule has 102 valence electrons. The summed E-state index contributed by atoms with van der Waals surface area (Å²) in [5.74, 6) is 0. The number of sulfonamides is 1. The quantitative estimate of drug-likeness (QED) is 0.877. The molecule has 0 aliphatic rings. The maximum absolute atomic E-state index is 12.2. The summed E-state index contributed by atoms with van der Waals surface area (Å²) < 4.78 is 26.9.